The summed E-state index contributed by atoms with van der Waals surface area (Å²) in [6.45, 7) is 2.75. The third kappa shape index (κ3) is 3.78. The van der Waals surface area contributed by atoms with E-state index in [2.05, 4.69) is 31.6 Å². The van der Waals surface area contributed by atoms with E-state index in [1.54, 1.807) is 29.5 Å². The molecule has 2 N–H and O–H groups in total. The molecule has 2 aromatic rings. The summed E-state index contributed by atoms with van der Waals surface area (Å²) in [6, 6.07) is 4.94. The number of anilines is 1. The third-order valence-electron chi connectivity index (χ3n) is 2.58. The van der Waals surface area contributed by atoms with Crippen molar-refractivity contribution < 1.29 is 9.90 Å². The zero-order valence-electron chi connectivity index (χ0n) is 10.3. The number of aryl methyl sites for hydroxylation is 1. The highest BCUT2D eigenvalue weighted by atomic mass is 79.9. The Hall–Kier alpha value is -1.40. The molecule has 1 heterocycles. The minimum Gasteiger partial charge on any atom is -0.478 e. The number of thiazole rings is 1. The largest absolute Gasteiger partial charge is 0.478 e. The van der Waals surface area contributed by atoms with Gasteiger partial charge >= 0.3 is 5.97 Å². The van der Waals surface area contributed by atoms with Gasteiger partial charge in [0, 0.05) is 28.5 Å². The second-order valence-corrected chi connectivity index (χ2v) is 5.95. The van der Waals surface area contributed by atoms with E-state index in [4.69, 9.17) is 5.11 Å². The number of hydrogen-bond acceptors (Lipinski definition) is 4. The van der Waals surface area contributed by atoms with Crippen molar-refractivity contribution in [2.75, 3.05) is 11.9 Å². The molecule has 0 saturated carbocycles. The molecule has 0 fully saturated rings. The first-order valence-electron chi connectivity index (χ1n) is 5.74. The zero-order valence-corrected chi connectivity index (χ0v) is 12.7. The third-order valence-corrected chi connectivity index (χ3v) is 4.06. The number of aromatic carboxylic acids is 1. The molecule has 4 nitrogen and oxygen atoms in total. The monoisotopic (exact) mass is 340 g/mol. The quantitative estimate of drug-likeness (QED) is 0.873. The minimum atomic E-state index is -0.926. The highest BCUT2D eigenvalue weighted by molar-refractivity contribution is 9.10. The van der Waals surface area contributed by atoms with Crippen molar-refractivity contribution in [2.45, 2.75) is 13.3 Å². The maximum atomic E-state index is 10.8. The molecule has 0 bridgehead atoms. The Morgan fingerprint density at radius 1 is 1.53 bits per heavy atom. The Balaban J connectivity index is 1.94. The van der Waals surface area contributed by atoms with Gasteiger partial charge in [-0.25, -0.2) is 9.78 Å². The van der Waals surface area contributed by atoms with Gasteiger partial charge in [-0.15, -0.1) is 11.3 Å². The van der Waals surface area contributed by atoms with E-state index in [0.29, 0.717) is 0 Å². The zero-order chi connectivity index (χ0) is 13.8. The summed E-state index contributed by atoms with van der Waals surface area (Å²) in [5.74, 6) is -0.926. The molecule has 0 spiro atoms. The smallest absolute Gasteiger partial charge is 0.335 e. The van der Waals surface area contributed by atoms with Gasteiger partial charge in [-0.1, -0.05) is 0 Å². The van der Waals surface area contributed by atoms with Crippen LogP contribution in [0.25, 0.3) is 0 Å². The molecule has 100 valence electrons. The summed E-state index contributed by atoms with van der Waals surface area (Å²) in [7, 11) is 0. The fourth-order valence-corrected chi connectivity index (χ4v) is 2.81. The van der Waals surface area contributed by atoms with Gasteiger partial charge in [-0.3, -0.25) is 0 Å². The van der Waals surface area contributed by atoms with Gasteiger partial charge in [0.15, 0.2) is 0 Å². The normalized spacial score (nSPS) is 10.4. The van der Waals surface area contributed by atoms with Crippen molar-refractivity contribution in [2.24, 2.45) is 0 Å². The number of hydrogen-bond donors (Lipinski definition) is 2. The van der Waals surface area contributed by atoms with Gasteiger partial charge in [0.25, 0.3) is 0 Å². The molecule has 0 aliphatic heterocycles. The van der Waals surface area contributed by atoms with Crippen LogP contribution in [0.3, 0.4) is 0 Å². The number of nitrogens with zero attached hydrogens (tertiary/aromatic N) is 1. The first kappa shape index (κ1) is 14.0. The van der Waals surface area contributed by atoms with E-state index in [-0.39, 0.29) is 5.56 Å². The van der Waals surface area contributed by atoms with Crippen molar-refractivity contribution in [1.82, 2.24) is 4.98 Å². The number of halogens is 1. The molecule has 0 atom stereocenters. The summed E-state index contributed by atoms with van der Waals surface area (Å²) in [4.78, 5) is 15.2. The van der Waals surface area contributed by atoms with Gasteiger partial charge in [0.1, 0.15) is 0 Å². The van der Waals surface area contributed by atoms with E-state index in [1.807, 2.05) is 6.92 Å². The van der Waals surface area contributed by atoms with Gasteiger partial charge in [-0.05, 0) is 41.1 Å². The Bertz CT molecular complexity index is 598. The van der Waals surface area contributed by atoms with E-state index in [0.717, 1.165) is 33.8 Å². The lowest BCUT2D eigenvalue weighted by molar-refractivity contribution is 0.0697. The molecule has 0 radical (unpaired) electrons. The van der Waals surface area contributed by atoms with Crippen molar-refractivity contribution >= 4 is 38.9 Å². The predicted molar refractivity (Wildman–Crippen MR) is 80.1 cm³/mol. The molecule has 19 heavy (non-hydrogen) atoms. The number of aromatic nitrogens is 1. The molecule has 0 saturated heterocycles. The average Bonchev–Trinajstić information content (AvgIpc) is 2.77. The van der Waals surface area contributed by atoms with Crippen LogP contribution >= 0.6 is 27.3 Å². The Kier molecular flexibility index (Phi) is 4.55. The van der Waals surface area contributed by atoms with Crippen LogP contribution < -0.4 is 5.32 Å². The van der Waals surface area contributed by atoms with E-state index >= 15 is 0 Å². The van der Waals surface area contributed by atoms with Crippen LogP contribution in [0.2, 0.25) is 0 Å². The average molecular weight is 341 g/mol. The van der Waals surface area contributed by atoms with Crippen molar-refractivity contribution in [1.29, 1.82) is 0 Å². The summed E-state index contributed by atoms with van der Waals surface area (Å²) < 4.78 is 0.752. The highest BCUT2D eigenvalue weighted by Crippen LogP contribution is 2.23. The topological polar surface area (TPSA) is 62.2 Å². The van der Waals surface area contributed by atoms with Crippen LogP contribution in [0, 0.1) is 6.92 Å². The van der Waals surface area contributed by atoms with Crippen LogP contribution in [0.4, 0.5) is 5.69 Å². The maximum absolute atomic E-state index is 10.8. The summed E-state index contributed by atoms with van der Waals surface area (Å²) >= 11 is 5.01. The molecule has 0 aliphatic rings. The van der Waals surface area contributed by atoms with Crippen LogP contribution in [-0.2, 0) is 6.42 Å². The van der Waals surface area contributed by atoms with Gasteiger partial charge in [0.2, 0.25) is 0 Å². The van der Waals surface area contributed by atoms with Gasteiger partial charge in [-0.2, -0.15) is 0 Å². The van der Waals surface area contributed by atoms with Crippen LogP contribution in [-0.4, -0.2) is 22.6 Å². The molecule has 0 aliphatic carbocycles. The first-order chi connectivity index (χ1) is 9.06. The lowest BCUT2D eigenvalue weighted by Crippen LogP contribution is -2.06. The number of nitrogens with one attached hydrogen (secondary N) is 1. The summed E-state index contributed by atoms with van der Waals surface area (Å²) in [5.41, 5.74) is 2.23. The standard InChI is InChI=1S/C13H13BrN2O2S/c1-8-16-10(7-19-8)4-5-15-12-3-2-9(13(17)18)6-11(12)14/h2-3,6-7,15H,4-5H2,1H3,(H,17,18). The lowest BCUT2D eigenvalue weighted by Gasteiger charge is -2.08. The van der Waals surface area contributed by atoms with Crippen molar-refractivity contribution in [3.05, 3.63) is 44.3 Å². The van der Waals surface area contributed by atoms with Crippen molar-refractivity contribution in [3.63, 3.8) is 0 Å². The number of carbonyl (C=O) groups is 1. The molecule has 6 heteroatoms. The van der Waals surface area contributed by atoms with Crippen LogP contribution in [0.15, 0.2) is 28.1 Å². The molecule has 0 unspecified atom stereocenters. The predicted octanol–water partition coefficient (Wildman–Crippen LogP) is 3.57. The number of carboxylic acid groups (broad SMARTS) is 1. The minimum absolute atomic E-state index is 0.271. The van der Waals surface area contributed by atoms with E-state index in [9.17, 15) is 4.79 Å². The second kappa shape index (κ2) is 6.16. The molecule has 2 rings (SSSR count). The maximum Gasteiger partial charge on any atom is 0.335 e. The number of benzene rings is 1. The Labute approximate surface area is 123 Å². The Morgan fingerprint density at radius 2 is 2.32 bits per heavy atom. The molecular formula is C13H13BrN2O2S. The molecule has 0 amide bonds. The van der Waals surface area contributed by atoms with Crippen LogP contribution in [0.5, 0.6) is 0 Å². The van der Waals surface area contributed by atoms with E-state index < -0.39 is 5.97 Å². The SMILES string of the molecule is Cc1nc(CCNc2ccc(C(=O)O)cc2Br)cs1. The highest BCUT2D eigenvalue weighted by Gasteiger charge is 2.06. The van der Waals surface area contributed by atoms with E-state index in [1.165, 1.54) is 0 Å². The fourth-order valence-electron chi connectivity index (χ4n) is 1.64. The summed E-state index contributed by atoms with van der Waals surface area (Å²) in [6.07, 6.45) is 0.845. The van der Waals surface area contributed by atoms with Gasteiger partial charge in [0.05, 0.1) is 16.3 Å². The first-order valence-corrected chi connectivity index (χ1v) is 7.41. The van der Waals surface area contributed by atoms with Gasteiger partial charge < -0.3 is 10.4 Å². The Morgan fingerprint density at radius 3 is 2.89 bits per heavy atom. The number of carboxylic acids is 1. The number of rotatable bonds is 5. The van der Waals surface area contributed by atoms with Crippen LogP contribution in [0.1, 0.15) is 21.1 Å². The van der Waals surface area contributed by atoms with Crippen molar-refractivity contribution in [3.8, 4) is 0 Å². The lowest BCUT2D eigenvalue weighted by atomic mass is 10.2. The molecule has 1 aromatic carbocycles. The second-order valence-electron chi connectivity index (χ2n) is 4.03. The molecule has 1 aromatic heterocycles. The fraction of sp³-hybridized carbons (Fsp3) is 0.231. The molecular weight excluding hydrogens is 328 g/mol. The summed E-state index contributed by atoms with van der Waals surface area (Å²) in [5, 5.41) is 15.3.